The molecule has 2 heterocycles. The molecule has 0 saturated carbocycles. The van der Waals surface area contributed by atoms with Crippen LogP contribution in [-0.2, 0) is 4.79 Å². The topological polar surface area (TPSA) is 32.3 Å². The number of thioether (sulfide) groups is 1. The van der Waals surface area contributed by atoms with Crippen LogP contribution in [0.2, 0.25) is 0 Å². The summed E-state index contributed by atoms with van der Waals surface area (Å²) in [6.45, 7) is 6.33. The predicted molar refractivity (Wildman–Crippen MR) is 68.7 cm³/mol. The van der Waals surface area contributed by atoms with Crippen molar-refractivity contribution < 1.29 is 4.79 Å². The zero-order valence-electron chi connectivity index (χ0n) is 10.2. The molecule has 2 aliphatic heterocycles. The van der Waals surface area contributed by atoms with Crippen LogP contribution in [0.3, 0.4) is 0 Å². The monoisotopic (exact) mass is 242 g/mol. The molecule has 0 radical (unpaired) electrons. The Morgan fingerprint density at radius 2 is 2.19 bits per heavy atom. The van der Waals surface area contributed by atoms with Crippen molar-refractivity contribution in [3.05, 3.63) is 0 Å². The maximum absolute atomic E-state index is 12.4. The molecule has 2 saturated heterocycles. The molecule has 2 unspecified atom stereocenters. The summed E-state index contributed by atoms with van der Waals surface area (Å²) in [7, 11) is 0. The molecule has 92 valence electrons. The van der Waals surface area contributed by atoms with Gasteiger partial charge in [-0.05, 0) is 26.3 Å². The van der Waals surface area contributed by atoms with Crippen LogP contribution in [0.15, 0.2) is 0 Å². The highest BCUT2D eigenvalue weighted by Gasteiger charge is 2.33. The molecule has 1 amide bonds. The third kappa shape index (κ3) is 2.54. The molecule has 3 atom stereocenters. The molecule has 2 rings (SSSR count). The third-order valence-corrected chi connectivity index (χ3v) is 5.11. The summed E-state index contributed by atoms with van der Waals surface area (Å²) < 4.78 is 0. The van der Waals surface area contributed by atoms with Gasteiger partial charge in [0.25, 0.3) is 0 Å². The van der Waals surface area contributed by atoms with Crippen molar-refractivity contribution in [2.45, 2.75) is 50.4 Å². The average molecular weight is 242 g/mol. The van der Waals surface area contributed by atoms with E-state index in [9.17, 15) is 4.79 Å². The zero-order chi connectivity index (χ0) is 11.5. The van der Waals surface area contributed by atoms with E-state index in [2.05, 4.69) is 24.1 Å². The number of nitrogens with zero attached hydrogens (tertiary/aromatic N) is 1. The van der Waals surface area contributed by atoms with Gasteiger partial charge in [0, 0.05) is 23.6 Å². The molecule has 16 heavy (non-hydrogen) atoms. The lowest BCUT2D eigenvalue weighted by molar-refractivity contribution is -0.135. The van der Waals surface area contributed by atoms with Gasteiger partial charge >= 0.3 is 0 Å². The Bertz CT molecular complexity index is 253. The van der Waals surface area contributed by atoms with Crippen molar-refractivity contribution in [2.75, 3.05) is 18.8 Å². The van der Waals surface area contributed by atoms with Crippen LogP contribution in [0.4, 0.5) is 0 Å². The van der Waals surface area contributed by atoms with Crippen molar-refractivity contribution in [2.24, 2.45) is 0 Å². The Kier molecular flexibility index (Phi) is 4.14. The lowest BCUT2D eigenvalue weighted by Crippen LogP contribution is -2.55. The van der Waals surface area contributed by atoms with Crippen molar-refractivity contribution in [1.29, 1.82) is 0 Å². The molecule has 0 aromatic rings. The molecular formula is C12H22N2OS. The Labute approximate surface area is 102 Å². The first-order valence-corrected chi connectivity index (χ1v) is 7.40. The van der Waals surface area contributed by atoms with Gasteiger partial charge in [0.1, 0.15) is 0 Å². The molecule has 3 nitrogen and oxygen atoms in total. The number of carbonyl (C=O) groups excluding carboxylic acids is 1. The molecule has 0 aliphatic carbocycles. The Hall–Kier alpha value is -0.220. The fraction of sp³-hybridized carbons (Fsp3) is 0.917. The molecular weight excluding hydrogens is 220 g/mol. The largest absolute Gasteiger partial charge is 0.337 e. The molecule has 4 heteroatoms. The van der Waals surface area contributed by atoms with Gasteiger partial charge in [-0.3, -0.25) is 4.79 Å². The highest BCUT2D eigenvalue weighted by molar-refractivity contribution is 8.00. The van der Waals surface area contributed by atoms with Crippen molar-refractivity contribution in [3.8, 4) is 0 Å². The first-order valence-electron chi connectivity index (χ1n) is 6.35. The maximum atomic E-state index is 12.4. The summed E-state index contributed by atoms with van der Waals surface area (Å²) in [4.78, 5) is 14.5. The minimum absolute atomic E-state index is 0.0894. The normalized spacial score (nSPS) is 36.1. The molecule has 0 bridgehead atoms. The molecule has 0 aromatic carbocycles. The minimum Gasteiger partial charge on any atom is -0.337 e. The highest BCUT2D eigenvalue weighted by Crippen LogP contribution is 2.25. The summed E-state index contributed by atoms with van der Waals surface area (Å²) in [5, 5.41) is 3.92. The van der Waals surface area contributed by atoms with E-state index in [-0.39, 0.29) is 6.04 Å². The second-order valence-electron chi connectivity index (χ2n) is 4.85. The van der Waals surface area contributed by atoms with Gasteiger partial charge in [-0.1, -0.05) is 13.3 Å². The Morgan fingerprint density at radius 3 is 2.88 bits per heavy atom. The lowest BCUT2D eigenvalue weighted by atomic mass is 10.0. The van der Waals surface area contributed by atoms with Crippen LogP contribution in [0.1, 0.15) is 33.1 Å². The molecule has 0 aromatic heterocycles. The quantitative estimate of drug-likeness (QED) is 0.756. The smallest absolute Gasteiger partial charge is 0.240 e. The summed E-state index contributed by atoms with van der Waals surface area (Å²) >= 11 is 1.98. The minimum atomic E-state index is 0.0894. The van der Waals surface area contributed by atoms with E-state index in [0.717, 1.165) is 25.3 Å². The van der Waals surface area contributed by atoms with Gasteiger partial charge in [-0.2, -0.15) is 11.8 Å². The molecule has 0 spiro atoms. The lowest BCUT2D eigenvalue weighted by Gasteiger charge is -2.40. The number of carbonyl (C=O) groups is 1. The molecule has 2 aliphatic rings. The first-order chi connectivity index (χ1) is 7.70. The van der Waals surface area contributed by atoms with Crippen LogP contribution in [-0.4, -0.2) is 47.0 Å². The van der Waals surface area contributed by atoms with E-state index < -0.39 is 0 Å². The SMILES string of the molecule is CC1SCCN(C(=O)[C@@H]2CCCCN2)C1C. The molecule has 2 fully saturated rings. The van der Waals surface area contributed by atoms with E-state index in [0.29, 0.717) is 17.2 Å². The fourth-order valence-corrected chi connectivity index (χ4v) is 3.61. The Morgan fingerprint density at radius 1 is 1.38 bits per heavy atom. The number of amides is 1. The first kappa shape index (κ1) is 12.2. The Balaban J connectivity index is 1.96. The highest BCUT2D eigenvalue weighted by atomic mass is 32.2. The maximum Gasteiger partial charge on any atom is 0.240 e. The zero-order valence-corrected chi connectivity index (χ0v) is 11.1. The van der Waals surface area contributed by atoms with Gasteiger partial charge in [0.2, 0.25) is 5.91 Å². The van der Waals surface area contributed by atoms with Gasteiger partial charge in [-0.25, -0.2) is 0 Å². The number of hydrogen-bond acceptors (Lipinski definition) is 3. The van der Waals surface area contributed by atoms with E-state index >= 15 is 0 Å². The van der Waals surface area contributed by atoms with E-state index in [1.807, 2.05) is 11.8 Å². The third-order valence-electron chi connectivity index (χ3n) is 3.78. The van der Waals surface area contributed by atoms with Gasteiger partial charge in [-0.15, -0.1) is 0 Å². The summed E-state index contributed by atoms with van der Waals surface area (Å²) in [6.07, 6.45) is 3.42. The number of nitrogens with one attached hydrogen (secondary N) is 1. The number of hydrogen-bond donors (Lipinski definition) is 1. The van der Waals surface area contributed by atoms with Crippen LogP contribution in [0.25, 0.3) is 0 Å². The van der Waals surface area contributed by atoms with Crippen LogP contribution >= 0.6 is 11.8 Å². The summed E-state index contributed by atoms with van der Waals surface area (Å²) in [5.41, 5.74) is 0. The predicted octanol–water partition coefficient (Wildman–Crippen LogP) is 1.48. The van der Waals surface area contributed by atoms with Crippen molar-refractivity contribution in [1.82, 2.24) is 10.2 Å². The van der Waals surface area contributed by atoms with Crippen molar-refractivity contribution >= 4 is 17.7 Å². The fourth-order valence-electron chi connectivity index (χ4n) is 2.51. The average Bonchev–Trinajstić information content (AvgIpc) is 2.33. The number of rotatable bonds is 1. The second kappa shape index (κ2) is 5.41. The molecule has 1 N–H and O–H groups in total. The van der Waals surface area contributed by atoms with Crippen LogP contribution in [0.5, 0.6) is 0 Å². The standard InChI is InChI=1S/C12H22N2OS/c1-9-10(2)16-8-7-14(9)12(15)11-5-3-4-6-13-11/h9-11,13H,3-8H2,1-2H3/t9?,10?,11-/m0/s1. The van der Waals surface area contributed by atoms with Gasteiger partial charge in [0.15, 0.2) is 0 Å². The van der Waals surface area contributed by atoms with Crippen LogP contribution < -0.4 is 5.32 Å². The van der Waals surface area contributed by atoms with E-state index in [1.54, 1.807) is 0 Å². The van der Waals surface area contributed by atoms with E-state index in [1.165, 1.54) is 12.8 Å². The summed E-state index contributed by atoms with van der Waals surface area (Å²) in [5.74, 6) is 1.42. The van der Waals surface area contributed by atoms with E-state index in [4.69, 9.17) is 0 Å². The van der Waals surface area contributed by atoms with Gasteiger partial charge in [0.05, 0.1) is 6.04 Å². The second-order valence-corrected chi connectivity index (χ2v) is 6.34. The number of piperidine rings is 1. The van der Waals surface area contributed by atoms with Crippen molar-refractivity contribution in [3.63, 3.8) is 0 Å². The van der Waals surface area contributed by atoms with Gasteiger partial charge < -0.3 is 10.2 Å². The van der Waals surface area contributed by atoms with Crippen LogP contribution in [0, 0.1) is 0 Å². The summed E-state index contributed by atoms with van der Waals surface area (Å²) in [6, 6.07) is 0.474.